The van der Waals surface area contributed by atoms with Crippen LogP contribution in [0.4, 0.5) is 5.69 Å². The van der Waals surface area contributed by atoms with Gasteiger partial charge in [0, 0.05) is 27.0 Å². The quantitative estimate of drug-likeness (QED) is 0.657. The number of benzene rings is 1. The molecule has 0 bridgehead atoms. The second-order valence-electron chi connectivity index (χ2n) is 3.67. The number of anilines is 1. The number of carbonyl (C=O) groups is 1. The van der Waals surface area contributed by atoms with Gasteiger partial charge in [0.25, 0.3) is 0 Å². The van der Waals surface area contributed by atoms with Crippen molar-refractivity contribution in [2.75, 3.05) is 5.73 Å². The summed E-state index contributed by atoms with van der Waals surface area (Å²) in [6.45, 7) is 0. The van der Waals surface area contributed by atoms with E-state index in [2.05, 4.69) is 25.9 Å². The highest BCUT2D eigenvalue weighted by Crippen LogP contribution is 2.31. The highest BCUT2D eigenvalue weighted by molar-refractivity contribution is 9.10. The molecular weight excluding hydrogens is 330 g/mol. The Balaban J connectivity index is 2.17. The molecule has 19 heavy (non-hydrogen) atoms. The third-order valence-corrected chi connectivity index (χ3v) is 4.35. The normalized spacial score (nSPS) is 10.4. The number of carboxylic acid groups (broad SMARTS) is 1. The first kappa shape index (κ1) is 13.8. The molecule has 0 unspecified atom stereocenters. The van der Waals surface area contributed by atoms with E-state index < -0.39 is 5.97 Å². The lowest BCUT2D eigenvalue weighted by molar-refractivity contribution is 0.0695. The fourth-order valence-electron chi connectivity index (χ4n) is 1.43. The van der Waals surface area contributed by atoms with Gasteiger partial charge in [-0.25, -0.2) is 14.8 Å². The zero-order valence-corrected chi connectivity index (χ0v) is 12.1. The third kappa shape index (κ3) is 3.45. The summed E-state index contributed by atoms with van der Waals surface area (Å²) in [5.41, 5.74) is 6.95. The molecule has 0 radical (unpaired) electrons. The van der Waals surface area contributed by atoms with Crippen molar-refractivity contribution in [3.8, 4) is 0 Å². The van der Waals surface area contributed by atoms with Crippen molar-refractivity contribution in [3.05, 3.63) is 46.5 Å². The summed E-state index contributed by atoms with van der Waals surface area (Å²) >= 11 is 4.90. The highest BCUT2D eigenvalue weighted by atomic mass is 79.9. The van der Waals surface area contributed by atoms with Crippen molar-refractivity contribution in [1.82, 2.24) is 9.97 Å². The Bertz CT molecular complexity index is 622. The van der Waals surface area contributed by atoms with Gasteiger partial charge in [-0.05, 0) is 34.1 Å². The van der Waals surface area contributed by atoms with Crippen LogP contribution in [0.3, 0.4) is 0 Å². The molecule has 0 saturated heterocycles. The lowest BCUT2D eigenvalue weighted by atomic mass is 10.2. The second kappa shape index (κ2) is 6.03. The fraction of sp³-hybridized carbons (Fsp3) is 0.0833. The maximum absolute atomic E-state index is 11.0. The van der Waals surface area contributed by atoms with Crippen LogP contribution in [0.25, 0.3) is 0 Å². The molecule has 1 heterocycles. The standard InChI is InChI=1S/C12H10BrN3O2S/c13-9-3-7(14)1-2-11(9)19-5-10-8(12(17)18)4-15-6-16-10/h1-4,6H,5,14H2,(H,17,18). The van der Waals surface area contributed by atoms with E-state index in [0.29, 0.717) is 17.1 Å². The summed E-state index contributed by atoms with van der Waals surface area (Å²) in [6.07, 6.45) is 2.66. The molecule has 98 valence electrons. The Hall–Kier alpha value is -1.60. The number of thioether (sulfide) groups is 1. The zero-order valence-electron chi connectivity index (χ0n) is 9.71. The largest absolute Gasteiger partial charge is 0.478 e. The average Bonchev–Trinajstić information content (AvgIpc) is 2.38. The molecule has 2 rings (SSSR count). The number of rotatable bonds is 4. The smallest absolute Gasteiger partial charge is 0.339 e. The first-order valence-electron chi connectivity index (χ1n) is 5.28. The van der Waals surface area contributed by atoms with Gasteiger partial charge in [0.1, 0.15) is 11.9 Å². The molecule has 0 amide bonds. The molecule has 0 aliphatic rings. The van der Waals surface area contributed by atoms with Crippen LogP contribution in [-0.4, -0.2) is 21.0 Å². The van der Waals surface area contributed by atoms with E-state index in [9.17, 15) is 4.79 Å². The number of nitrogens with zero attached hydrogens (tertiary/aromatic N) is 2. The van der Waals surface area contributed by atoms with Gasteiger partial charge in [0.15, 0.2) is 0 Å². The molecule has 0 atom stereocenters. The molecule has 0 spiro atoms. The molecule has 0 fully saturated rings. The van der Waals surface area contributed by atoms with Crippen LogP contribution in [0.2, 0.25) is 0 Å². The number of nitrogen functional groups attached to an aromatic ring is 1. The molecule has 3 N–H and O–H groups in total. The van der Waals surface area contributed by atoms with Crippen molar-refractivity contribution in [2.24, 2.45) is 0 Å². The van der Waals surface area contributed by atoms with Crippen molar-refractivity contribution in [2.45, 2.75) is 10.6 Å². The second-order valence-corrected chi connectivity index (χ2v) is 5.54. The Morgan fingerprint density at radius 2 is 2.26 bits per heavy atom. The molecule has 7 heteroatoms. The summed E-state index contributed by atoms with van der Waals surface area (Å²) < 4.78 is 0.878. The molecule has 1 aromatic carbocycles. The van der Waals surface area contributed by atoms with Gasteiger partial charge in [-0.2, -0.15) is 0 Å². The SMILES string of the molecule is Nc1ccc(SCc2ncncc2C(=O)O)c(Br)c1. The van der Waals surface area contributed by atoms with Gasteiger partial charge >= 0.3 is 5.97 Å². The summed E-state index contributed by atoms with van der Waals surface area (Å²) in [6, 6.07) is 5.48. The molecule has 0 saturated carbocycles. The highest BCUT2D eigenvalue weighted by Gasteiger charge is 2.12. The number of aromatic carboxylic acids is 1. The van der Waals surface area contributed by atoms with Crippen molar-refractivity contribution in [1.29, 1.82) is 0 Å². The van der Waals surface area contributed by atoms with Crippen LogP contribution in [0, 0.1) is 0 Å². The van der Waals surface area contributed by atoms with Crippen LogP contribution in [0.1, 0.15) is 16.1 Å². The van der Waals surface area contributed by atoms with E-state index in [1.165, 1.54) is 24.3 Å². The minimum absolute atomic E-state index is 0.126. The van der Waals surface area contributed by atoms with E-state index >= 15 is 0 Å². The lowest BCUT2D eigenvalue weighted by Crippen LogP contribution is -2.04. The maximum Gasteiger partial charge on any atom is 0.339 e. The predicted molar refractivity (Wildman–Crippen MR) is 77.1 cm³/mol. The zero-order chi connectivity index (χ0) is 13.8. The van der Waals surface area contributed by atoms with E-state index in [4.69, 9.17) is 10.8 Å². The summed E-state index contributed by atoms with van der Waals surface area (Å²) in [4.78, 5) is 19.7. The van der Waals surface area contributed by atoms with Crippen LogP contribution >= 0.6 is 27.7 Å². The van der Waals surface area contributed by atoms with Crippen molar-refractivity contribution < 1.29 is 9.90 Å². The molecule has 1 aromatic heterocycles. The molecule has 0 aliphatic carbocycles. The summed E-state index contributed by atoms with van der Waals surface area (Å²) in [5, 5.41) is 9.04. The number of hydrogen-bond acceptors (Lipinski definition) is 5. The average molecular weight is 340 g/mol. The number of nitrogens with two attached hydrogens (primary N) is 1. The van der Waals surface area contributed by atoms with Crippen LogP contribution in [0.15, 0.2) is 40.1 Å². The third-order valence-electron chi connectivity index (χ3n) is 2.35. The Kier molecular flexibility index (Phi) is 4.39. The fourth-order valence-corrected chi connectivity index (χ4v) is 3.05. The van der Waals surface area contributed by atoms with Gasteiger partial charge in [-0.1, -0.05) is 0 Å². The number of hydrogen-bond donors (Lipinski definition) is 2. The molecule has 0 aliphatic heterocycles. The summed E-state index contributed by atoms with van der Waals surface area (Å²) in [5.74, 6) is -0.570. The minimum Gasteiger partial charge on any atom is -0.478 e. The number of aromatic nitrogens is 2. The molecule has 2 aromatic rings. The molecular formula is C12H10BrN3O2S. The van der Waals surface area contributed by atoms with Crippen LogP contribution < -0.4 is 5.73 Å². The van der Waals surface area contributed by atoms with Crippen LogP contribution in [-0.2, 0) is 5.75 Å². The Morgan fingerprint density at radius 1 is 1.47 bits per heavy atom. The Morgan fingerprint density at radius 3 is 2.95 bits per heavy atom. The lowest BCUT2D eigenvalue weighted by Gasteiger charge is -2.06. The van der Waals surface area contributed by atoms with Gasteiger partial charge in [0.05, 0.1) is 5.69 Å². The first-order chi connectivity index (χ1) is 9.08. The van der Waals surface area contributed by atoms with Crippen LogP contribution in [0.5, 0.6) is 0 Å². The number of carboxylic acids is 1. The van der Waals surface area contributed by atoms with E-state index in [-0.39, 0.29) is 5.56 Å². The predicted octanol–water partition coefficient (Wildman–Crippen LogP) is 2.81. The monoisotopic (exact) mass is 339 g/mol. The Labute approximate surface area is 122 Å². The molecule has 5 nitrogen and oxygen atoms in total. The van der Waals surface area contributed by atoms with E-state index in [0.717, 1.165) is 9.37 Å². The van der Waals surface area contributed by atoms with Gasteiger partial charge in [0.2, 0.25) is 0 Å². The number of halogens is 1. The van der Waals surface area contributed by atoms with Crippen molar-refractivity contribution in [3.63, 3.8) is 0 Å². The first-order valence-corrected chi connectivity index (χ1v) is 7.06. The maximum atomic E-state index is 11.0. The van der Waals surface area contributed by atoms with E-state index in [1.807, 2.05) is 6.07 Å². The van der Waals surface area contributed by atoms with E-state index in [1.54, 1.807) is 12.1 Å². The minimum atomic E-state index is -1.02. The van der Waals surface area contributed by atoms with Gasteiger partial charge in [-0.3, -0.25) is 0 Å². The topological polar surface area (TPSA) is 89.1 Å². The van der Waals surface area contributed by atoms with Gasteiger partial charge in [-0.15, -0.1) is 11.8 Å². The summed E-state index contributed by atoms with van der Waals surface area (Å²) in [7, 11) is 0. The van der Waals surface area contributed by atoms with Crippen molar-refractivity contribution >= 4 is 39.3 Å². The van der Waals surface area contributed by atoms with Gasteiger partial charge < -0.3 is 10.8 Å².